The average Bonchev–Trinajstić information content (AvgIpc) is 2.92. The third kappa shape index (κ3) is 4.43. The molecule has 0 aliphatic carbocycles. The Kier molecular flexibility index (Phi) is 5.51. The third-order valence-electron chi connectivity index (χ3n) is 4.26. The molecule has 0 unspecified atom stereocenters. The van der Waals surface area contributed by atoms with Gasteiger partial charge in [0.1, 0.15) is 0 Å². The smallest absolute Gasteiger partial charge is 0.255 e. The lowest BCUT2D eigenvalue weighted by molar-refractivity contribution is 0.0681. The second-order valence-electron chi connectivity index (χ2n) is 6.10. The van der Waals surface area contributed by atoms with Crippen LogP contribution in [0.3, 0.4) is 0 Å². The van der Waals surface area contributed by atoms with Gasteiger partial charge in [0.25, 0.3) is 5.91 Å². The lowest BCUT2D eigenvalue weighted by atomic mass is 10.1. The van der Waals surface area contributed by atoms with Crippen LogP contribution in [0.25, 0.3) is 0 Å². The molecule has 1 amide bonds. The van der Waals surface area contributed by atoms with E-state index in [4.69, 9.17) is 11.6 Å². The fourth-order valence-corrected chi connectivity index (χ4v) is 5.40. The molecular weight excluding hydrogens is 426 g/mol. The van der Waals surface area contributed by atoms with Crippen molar-refractivity contribution in [2.45, 2.75) is 19.0 Å². The number of carbonyl (C=O) groups excluding carboxylic acids is 1. The highest BCUT2D eigenvalue weighted by atomic mass is 79.9. The van der Waals surface area contributed by atoms with E-state index in [2.05, 4.69) is 15.9 Å². The molecule has 0 aromatic heterocycles. The highest BCUT2D eigenvalue weighted by Crippen LogP contribution is 2.25. The Morgan fingerprint density at radius 2 is 1.96 bits per heavy atom. The summed E-state index contributed by atoms with van der Waals surface area (Å²) in [4.78, 5) is 14.7. The van der Waals surface area contributed by atoms with Crippen molar-refractivity contribution in [3.05, 3.63) is 69.2 Å². The molecule has 0 bridgehead atoms. The van der Waals surface area contributed by atoms with Crippen molar-refractivity contribution < 1.29 is 13.2 Å². The van der Waals surface area contributed by atoms with Crippen LogP contribution in [0.15, 0.2) is 53.0 Å². The minimum absolute atomic E-state index is 0.00278. The number of hydrogen-bond acceptors (Lipinski definition) is 3. The molecule has 0 radical (unpaired) electrons. The first kappa shape index (κ1) is 18.4. The van der Waals surface area contributed by atoms with E-state index in [-0.39, 0.29) is 23.5 Å². The summed E-state index contributed by atoms with van der Waals surface area (Å²) in [5, 5.41) is 0.368. The molecule has 2 aromatic rings. The number of hydrogen-bond donors (Lipinski definition) is 0. The first-order chi connectivity index (χ1) is 11.9. The van der Waals surface area contributed by atoms with Gasteiger partial charge in [-0.3, -0.25) is 4.79 Å². The van der Waals surface area contributed by atoms with Gasteiger partial charge in [0.15, 0.2) is 9.84 Å². The lowest BCUT2D eigenvalue weighted by Crippen LogP contribution is -2.40. The van der Waals surface area contributed by atoms with Crippen molar-refractivity contribution in [1.29, 1.82) is 0 Å². The molecule has 0 N–H and O–H groups in total. The topological polar surface area (TPSA) is 54.5 Å². The molecule has 1 aliphatic rings. The normalized spacial score (nSPS) is 18.9. The summed E-state index contributed by atoms with van der Waals surface area (Å²) in [6, 6.07) is 14.1. The molecule has 4 nitrogen and oxygen atoms in total. The van der Waals surface area contributed by atoms with Crippen molar-refractivity contribution in [2.75, 3.05) is 11.5 Å². The van der Waals surface area contributed by atoms with Crippen LogP contribution < -0.4 is 0 Å². The van der Waals surface area contributed by atoms with Gasteiger partial charge in [0.2, 0.25) is 0 Å². The predicted octanol–water partition coefficient (Wildman–Crippen LogP) is 3.93. The second kappa shape index (κ2) is 7.48. The highest BCUT2D eigenvalue weighted by molar-refractivity contribution is 9.10. The average molecular weight is 443 g/mol. The van der Waals surface area contributed by atoms with Crippen LogP contribution in [0, 0.1) is 0 Å². The monoisotopic (exact) mass is 441 g/mol. The zero-order valence-electron chi connectivity index (χ0n) is 13.4. The maximum Gasteiger partial charge on any atom is 0.255 e. The van der Waals surface area contributed by atoms with Crippen molar-refractivity contribution in [1.82, 2.24) is 4.90 Å². The molecule has 7 heteroatoms. The van der Waals surface area contributed by atoms with E-state index in [1.54, 1.807) is 29.2 Å². The van der Waals surface area contributed by atoms with Crippen molar-refractivity contribution in [2.24, 2.45) is 0 Å². The first-order valence-corrected chi connectivity index (χ1v) is 10.9. The molecule has 2 aromatic carbocycles. The van der Waals surface area contributed by atoms with Crippen molar-refractivity contribution in [3.8, 4) is 0 Å². The second-order valence-corrected chi connectivity index (χ2v) is 9.65. The van der Waals surface area contributed by atoms with E-state index < -0.39 is 9.84 Å². The molecule has 0 saturated carbocycles. The summed E-state index contributed by atoms with van der Waals surface area (Å²) in [5.74, 6) is -0.132. The number of amides is 1. The molecule has 1 aliphatic heterocycles. The third-order valence-corrected chi connectivity index (χ3v) is 6.83. The van der Waals surface area contributed by atoms with Gasteiger partial charge in [-0.25, -0.2) is 8.42 Å². The largest absolute Gasteiger partial charge is 0.330 e. The van der Waals surface area contributed by atoms with Crippen LogP contribution >= 0.6 is 27.5 Å². The Bertz CT molecular complexity index is 901. The summed E-state index contributed by atoms with van der Waals surface area (Å²) in [5.41, 5.74) is 1.32. The quantitative estimate of drug-likeness (QED) is 0.721. The van der Waals surface area contributed by atoms with E-state index in [1.807, 2.05) is 24.3 Å². The van der Waals surface area contributed by atoms with E-state index in [1.165, 1.54) is 0 Å². The number of sulfone groups is 1. The summed E-state index contributed by atoms with van der Waals surface area (Å²) in [7, 11) is -3.10. The zero-order valence-corrected chi connectivity index (χ0v) is 16.5. The van der Waals surface area contributed by atoms with Crippen LogP contribution in [0.1, 0.15) is 22.3 Å². The van der Waals surface area contributed by atoms with Gasteiger partial charge in [-0.05, 0) is 36.2 Å². The van der Waals surface area contributed by atoms with Gasteiger partial charge < -0.3 is 4.90 Å². The van der Waals surface area contributed by atoms with Crippen LogP contribution in [-0.4, -0.2) is 36.8 Å². The number of halogens is 2. The van der Waals surface area contributed by atoms with Gasteiger partial charge in [-0.15, -0.1) is 0 Å². The minimum Gasteiger partial charge on any atom is -0.330 e. The standard InChI is InChI=1S/C18H17BrClNO3S/c19-14-5-3-4-13(10-14)11-21(15-8-9-25(23,24)12-15)18(22)16-6-1-2-7-17(16)20/h1-7,10,15H,8-9,11-12H2/t15-/m1/s1. The van der Waals surface area contributed by atoms with Crippen molar-refractivity contribution >= 4 is 43.3 Å². The van der Waals surface area contributed by atoms with Gasteiger partial charge in [0, 0.05) is 17.1 Å². The maximum atomic E-state index is 13.1. The molecule has 3 rings (SSSR count). The van der Waals surface area contributed by atoms with E-state index in [0.29, 0.717) is 23.6 Å². The van der Waals surface area contributed by atoms with E-state index in [9.17, 15) is 13.2 Å². The molecule has 1 atom stereocenters. The summed E-state index contributed by atoms with van der Waals surface area (Å²) in [6.45, 7) is 0.337. The molecule has 1 fully saturated rings. The Morgan fingerprint density at radius 1 is 1.20 bits per heavy atom. The Labute approximate surface area is 160 Å². The van der Waals surface area contributed by atoms with Crippen LogP contribution in [-0.2, 0) is 16.4 Å². The van der Waals surface area contributed by atoms with E-state index >= 15 is 0 Å². The summed E-state index contributed by atoms with van der Waals surface area (Å²) in [6.07, 6.45) is 0.451. The van der Waals surface area contributed by atoms with Crippen LogP contribution in [0.4, 0.5) is 0 Å². The maximum absolute atomic E-state index is 13.1. The summed E-state index contributed by atoms with van der Waals surface area (Å²) < 4.78 is 24.7. The number of rotatable bonds is 4. The molecule has 1 saturated heterocycles. The van der Waals surface area contributed by atoms with E-state index in [0.717, 1.165) is 10.0 Å². The lowest BCUT2D eigenvalue weighted by Gasteiger charge is -2.29. The predicted molar refractivity (Wildman–Crippen MR) is 103 cm³/mol. The molecule has 0 spiro atoms. The van der Waals surface area contributed by atoms with Crippen molar-refractivity contribution in [3.63, 3.8) is 0 Å². The first-order valence-electron chi connectivity index (χ1n) is 7.86. The number of carbonyl (C=O) groups is 1. The fraction of sp³-hybridized carbons (Fsp3) is 0.278. The van der Waals surface area contributed by atoms with Gasteiger partial charge in [-0.1, -0.05) is 51.8 Å². The van der Waals surface area contributed by atoms with Gasteiger partial charge in [-0.2, -0.15) is 0 Å². The Hall–Kier alpha value is -1.37. The van der Waals surface area contributed by atoms with Crippen LogP contribution in [0.2, 0.25) is 5.02 Å². The van der Waals surface area contributed by atoms with Crippen LogP contribution in [0.5, 0.6) is 0 Å². The summed E-state index contributed by atoms with van der Waals surface area (Å²) >= 11 is 9.61. The number of nitrogens with zero attached hydrogens (tertiary/aromatic N) is 1. The molecule has 25 heavy (non-hydrogen) atoms. The fourth-order valence-electron chi connectivity index (χ4n) is 3.01. The zero-order chi connectivity index (χ0) is 18.0. The Balaban J connectivity index is 1.94. The Morgan fingerprint density at radius 3 is 2.60 bits per heavy atom. The molecular formula is C18H17BrClNO3S. The minimum atomic E-state index is -3.10. The van der Waals surface area contributed by atoms with Gasteiger partial charge in [0.05, 0.1) is 22.1 Å². The number of benzene rings is 2. The van der Waals surface area contributed by atoms with Gasteiger partial charge >= 0.3 is 0 Å². The highest BCUT2D eigenvalue weighted by Gasteiger charge is 2.35. The molecule has 132 valence electrons. The SMILES string of the molecule is O=C(c1ccccc1Cl)N(Cc1cccc(Br)c1)[C@@H]1CCS(=O)(=O)C1. The molecule has 1 heterocycles.